The van der Waals surface area contributed by atoms with Gasteiger partial charge in [-0.1, -0.05) is 18.2 Å². The highest BCUT2D eigenvalue weighted by Crippen LogP contribution is 2.20. The normalized spacial score (nSPS) is 12.2. The van der Waals surface area contributed by atoms with Gasteiger partial charge in [-0.15, -0.1) is 11.3 Å². The molecule has 0 radical (unpaired) electrons. The highest BCUT2D eigenvalue weighted by atomic mass is 32.1. The molecule has 2 rings (SSSR count). The highest BCUT2D eigenvalue weighted by Gasteiger charge is 2.07. The average Bonchev–Trinajstić information content (AvgIpc) is 2.98. The molecule has 0 aliphatic heterocycles. The van der Waals surface area contributed by atoms with Crippen molar-refractivity contribution in [2.75, 3.05) is 6.54 Å². The number of carboxylic acid groups (broad SMARTS) is 1. The number of thiophene rings is 1. The quantitative estimate of drug-likeness (QED) is 0.686. The molecule has 3 N–H and O–H groups in total. The molecule has 4 nitrogen and oxygen atoms in total. The minimum Gasteiger partial charge on any atom is -0.478 e. The van der Waals surface area contributed by atoms with Crippen LogP contribution in [0.1, 0.15) is 33.3 Å². The van der Waals surface area contributed by atoms with Crippen LogP contribution in [-0.2, 0) is 6.54 Å². The number of aromatic carboxylic acids is 1. The van der Waals surface area contributed by atoms with Crippen molar-refractivity contribution in [1.29, 1.82) is 0 Å². The molecule has 1 aromatic carbocycles. The first kappa shape index (κ1) is 14.7. The van der Waals surface area contributed by atoms with Gasteiger partial charge in [0.1, 0.15) is 0 Å². The zero-order chi connectivity index (χ0) is 14.4. The van der Waals surface area contributed by atoms with E-state index in [9.17, 15) is 9.90 Å². The van der Waals surface area contributed by atoms with E-state index in [1.54, 1.807) is 35.6 Å². The third kappa shape index (κ3) is 4.16. The second kappa shape index (κ2) is 7.19. The van der Waals surface area contributed by atoms with Gasteiger partial charge in [0.25, 0.3) is 0 Å². The molecule has 1 heterocycles. The lowest BCUT2D eigenvalue weighted by atomic mass is 10.1. The molecule has 2 aromatic rings. The number of aliphatic hydroxyl groups is 1. The lowest BCUT2D eigenvalue weighted by Crippen LogP contribution is -2.17. The second-order valence-corrected chi connectivity index (χ2v) is 5.48. The summed E-state index contributed by atoms with van der Waals surface area (Å²) in [6, 6.07) is 10.7. The Bertz CT molecular complexity index is 537. The first-order valence-electron chi connectivity index (χ1n) is 6.41. The summed E-state index contributed by atoms with van der Waals surface area (Å²) in [7, 11) is 0. The molecule has 0 saturated carbocycles. The van der Waals surface area contributed by atoms with Gasteiger partial charge in [0.05, 0.1) is 11.7 Å². The number of carbonyl (C=O) groups is 1. The number of aliphatic hydroxyl groups excluding tert-OH is 1. The van der Waals surface area contributed by atoms with Gasteiger partial charge >= 0.3 is 5.97 Å². The van der Waals surface area contributed by atoms with Crippen LogP contribution < -0.4 is 5.32 Å². The molecule has 1 aromatic heterocycles. The Morgan fingerprint density at radius 1 is 1.25 bits per heavy atom. The highest BCUT2D eigenvalue weighted by molar-refractivity contribution is 7.10. The Labute approximate surface area is 121 Å². The zero-order valence-corrected chi connectivity index (χ0v) is 11.8. The smallest absolute Gasteiger partial charge is 0.335 e. The molecule has 0 bridgehead atoms. The van der Waals surface area contributed by atoms with E-state index in [4.69, 9.17) is 5.11 Å². The molecule has 0 amide bonds. The summed E-state index contributed by atoms with van der Waals surface area (Å²) < 4.78 is 0. The van der Waals surface area contributed by atoms with Crippen molar-refractivity contribution in [3.8, 4) is 0 Å². The molecular formula is C15H17NO3S. The van der Waals surface area contributed by atoms with Crippen molar-refractivity contribution in [3.05, 3.63) is 57.8 Å². The van der Waals surface area contributed by atoms with Crippen molar-refractivity contribution in [1.82, 2.24) is 5.32 Å². The Morgan fingerprint density at radius 3 is 2.60 bits per heavy atom. The van der Waals surface area contributed by atoms with E-state index in [0.717, 1.165) is 10.4 Å². The van der Waals surface area contributed by atoms with Gasteiger partial charge < -0.3 is 15.5 Å². The SMILES string of the molecule is O=C(O)c1ccc(CNCCC(O)c2cccs2)cc1. The Kier molecular flexibility index (Phi) is 5.29. The standard InChI is InChI=1S/C15H17NO3S/c17-13(14-2-1-9-20-14)7-8-16-10-11-3-5-12(6-4-11)15(18)19/h1-6,9,13,16-17H,7-8,10H2,(H,18,19). The van der Waals surface area contributed by atoms with E-state index in [-0.39, 0.29) is 0 Å². The molecule has 1 unspecified atom stereocenters. The predicted molar refractivity (Wildman–Crippen MR) is 79.0 cm³/mol. The van der Waals surface area contributed by atoms with Crippen molar-refractivity contribution < 1.29 is 15.0 Å². The largest absolute Gasteiger partial charge is 0.478 e. The van der Waals surface area contributed by atoms with E-state index >= 15 is 0 Å². The van der Waals surface area contributed by atoms with Gasteiger partial charge in [0.2, 0.25) is 0 Å². The molecule has 1 atom stereocenters. The first-order valence-corrected chi connectivity index (χ1v) is 7.29. The Morgan fingerprint density at radius 2 is 2.00 bits per heavy atom. The minimum absolute atomic E-state index is 0.293. The van der Waals surface area contributed by atoms with Gasteiger partial charge in [0, 0.05) is 11.4 Å². The number of carboxylic acids is 1. The molecule has 0 spiro atoms. The molecule has 0 aliphatic carbocycles. The summed E-state index contributed by atoms with van der Waals surface area (Å²) in [5.41, 5.74) is 1.32. The third-order valence-electron chi connectivity index (χ3n) is 3.00. The van der Waals surface area contributed by atoms with Crippen LogP contribution in [0.3, 0.4) is 0 Å². The van der Waals surface area contributed by atoms with Crippen LogP contribution in [0.15, 0.2) is 41.8 Å². The fraction of sp³-hybridized carbons (Fsp3) is 0.267. The Hall–Kier alpha value is -1.69. The van der Waals surface area contributed by atoms with E-state index in [0.29, 0.717) is 25.1 Å². The lowest BCUT2D eigenvalue weighted by molar-refractivity contribution is 0.0697. The molecule has 20 heavy (non-hydrogen) atoms. The molecule has 106 valence electrons. The van der Waals surface area contributed by atoms with E-state index in [2.05, 4.69) is 5.32 Å². The fourth-order valence-corrected chi connectivity index (χ4v) is 2.61. The van der Waals surface area contributed by atoms with E-state index in [1.807, 2.05) is 17.5 Å². The van der Waals surface area contributed by atoms with Crippen molar-refractivity contribution in [3.63, 3.8) is 0 Å². The summed E-state index contributed by atoms with van der Waals surface area (Å²) in [6.45, 7) is 1.37. The fourth-order valence-electron chi connectivity index (χ4n) is 1.86. The molecule has 0 aliphatic rings. The van der Waals surface area contributed by atoms with Gasteiger partial charge in [0.15, 0.2) is 0 Å². The third-order valence-corrected chi connectivity index (χ3v) is 3.97. The van der Waals surface area contributed by atoms with E-state index < -0.39 is 12.1 Å². The van der Waals surface area contributed by atoms with Crippen LogP contribution in [0.25, 0.3) is 0 Å². The summed E-state index contributed by atoms with van der Waals surface area (Å²) >= 11 is 1.56. The van der Waals surface area contributed by atoms with Gasteiger partial charge in [-0.3, -0.25) is 0 Å². The van der Waals surface area contributed by atoms with Crippen molar-refractivity contribution in [2.24, 2.45) is 0 Å². The number of rotatable bonds is 7. The maximum absolute atomic E-state index is 10.7. The van der Waals surface area contributed by atoms with E-state index in [1.165, 1.54) is 0 Å². The molecule has 5 heteroatoms. The van der Waals surface area contributed by atoms with Crippen molar-refractivity contribution in [2.45, 2.75) is 19.1 Å². The van der Waals surface area contributed by atoms with Gasteiger partial charge in [-0.25, -0.2) is 4.79 Å². The van der Waals surface area contributed by atoms with Crippen LogP contribution in [-0.4, -0.2) is 22.7 Å². The number of nitrogens with one attached hydrogen (secondary N) is 1. The Balaban J connectivity index is 1.72. The maximum atomic E-state index is 10.7. The molecule has 0 fully saturated rings. The summed E-state index contributed by atoms with van der Waals surface area (Å²) in [5.74, 6) is -0.913. The monoisotopic (exact) mass is 291 g/mol. The summed E-state index contributed by atoms with van der Waals surface area (Å²) in [5, 5.41) is 23.9. The number of benzene rings is 1. The van der Waals surface area contributed by atoms with Gasteiger partial charge in [-0.05, 0) is 42.1 Å². The van der Waals surface area contributed by atoms with Crippen LogP contribution in [0, 0.1) is 0 Å². The lowest BCUT2D eigenvalue weighted by Gasteiger charge is -2.09. The number of hydrogen-bond donors (Lipinski definition) is 3. The zero-order valence-electron chi connectivity index (χ0n) is 11.0. The topological polar surface area (TPSA) is 69.6 Å². The number of hydrogen-bond acceptors (Lipinski definition) is 4. The second-order valence-electron chi connectivity index (χ2n) is 4.50. The summed E-state index contributed by atoms with van der Waals surface area (Å²) in [4.78, 5) is 11.7. The average molecular weight is 291 g/mol. The predicted octanol–water partition coefficient (Wildman–Crippen LogP) is 2.66. The summed E-state index contributed by atoms with van der Waals surface area (Å²) in [6.07, 6.45) is 0.241. The maximum Gasteiger partial charge on any atom is 0.335 e. The van der Waals surface area contributed by atoms with Gasteiger partial charge in [-0.2, -0.15) is 0 Å². The first-order chi connectivity index (χ1) is 9.66. The minimum atomic E-state index is -0.913. The van der Waals surface area contributed by atoms with Crippen LogP contribution in [0.5, 0.6) is 0 Å². The van der Waals surface area contributed by atoms with Crippen LogP contribution in [0.2, 0.25) is 0 Å². The van der Waals surface area contributed by atoms with Crippen molar-refractivity contribution >= 4 is 17.3 Å². The van der Waals surface area contributed by atoms with Crippen LogP contribution in [0.4, 0.5) is 0 Å². The van der Waals surface area contributed by atoms with Crippen LogP contribution >= 0.6 is 11.3 Å². The molecule has 0 saturated heterocycles. The molecular weight excluding hydrogens is 274 g/mol.